The number of nitrogen functional groups attached to an aromatic ring is 1. The van der Waals surface area contributed by atoms with Crippen LogP contribution in [0.15, 0.2) is 41.2 Å². The Balaban J connectivity index is 1.90. The molecule has 3 N–H and O–H groups in total. The Kier molecular flexibility index (Phi) is 4.42. The SMILES string of the molecule is Cc1ccc(N)cc1NC(=O)CN(C)Cc1ccoc1. The quantitative estimate of drug-likeness (QED) is 0.820. The van der Waals surface area contributed by atoms with Crippen LogP contribution in [-0.4, -0.2) is 24.4 Å². The lowest BCUT2D eigenvalue weighted by atomic mass is 10.2. The maximum atomic E-state index is 12.0. The van der Waals surface area contributed by atoms with Crippen molar-refractivity contribution >= 4 is 17.3 Å². The summed E-state index contributed by atoms with van der Waals surface area (Å²) in [6, 6.07) is 7.36. The number of likely N-dealkylation sites (N-methyl/N-ethyl adjacent to an activating group) is 1. The number of nitrogens with one attached hydrogen (secondary N) is 1. The average molecular weight is 273 g/mol. The lowest BCUT2D eigenvalue weighted by molar-refractivity contribution is -0.117. The number of carbonyl (C=O) groups excluding carboxylic acids is 1. The Morgan fingerprint density at radius 1 is 1.40 bits per heavy atom. The van der Waals surface area contributed by atoms with Gasteiger partial charge in [0.25, 0.3) is 0 Å². The summed E-state index contributed by atoms with van der Waals surface area (Å²) in [5, 5.41) is 2.88. The molecule has 0 spiro atoms. The van der Waals surface area contributed by atoms with Crippen molar-refractivity contribution in [2.24, 2.45) is 0 Å². The Hall–Kier alpha value is -2.27. The van der Waals surface area contributed by atoms with Crippen molar-refractivity contribution in [3.05, 3.63) is 47.9 Å². The third-order valence-electron chi connectivity index (χ3n) is 2.98. The van der Waals surface area contributed by atoms with Crippen molar-refractivity contribution in [2.45, 2.75) is 13.5 Å². The number of nitrogens with zero attached hydrogens (tertiary/aromatic N) is 1. The summed E-state index contributed by atoms with van der Waals surface area (Å²) in [4.78, 5) is 13.9. The number of hydrogen-bond donors (Lipinski definition) is 2. The second-order valence-electron chi connectivity index (χ2n) is 4.93. The monoisotopic (exact) mass is 273 g/mol. The van der Waals surface area contributed by atoms with Gasteiger partial charge < -0.3 is 15.5 Å². The number of furan rings is 1. The highest BCUT2D eigenvalue weighted by Gasteiger charge is 2.09. The molecule has 0 aliphatic carbocycles. The standard InChI is InChI=1S/C15H19N3O2/c1-11-3-4-13(16)7-14(11)17-15(19)9-18(2)8-12-5-6-20-10-12/h3-7,10H,8-9,16H2,1-2H3,(H,17,19). The van der Waals surface area contributed by atoms with Crippen LogP contribution in [0.4, 0.5) is 11.4 Å². The Morgan fingerprint density at radius 3 is 2.90 bits per heavy atom. The number of benzene rings is 1. The molecular weight excluding hydrogens is 254 g/mol. The Labute approximate surface area is 118 Å². The zero-order valence-electron chi connectivity index (χ0n) is 11.7. The van der Waals surface area contributed by atoms with Crippen LogP contribution in [0, 0.1) is 6.92 Å². The summed E-state index contributed by atoms with van der Waals surface area (Å²) in [6.07, 6.45) is 3.30. The predicted molar refractivity (Wildman–Crippen MR) is 79.3 cm³/mol. The van der Waals surface area contributed by atoms with Crippen molar-refractivity contribution in [2.75, 3.05) is 24.6 Å². The first-order chi connectivity index (χ1) is 9.54. The van der Waals surface area contributed by atoms with Gasteiger partial charge in [0.2, 0.25) is 5.91 Å². The maximum absolute atomic E-state index is 12.0. The van der Waals surface area contributed by atoms with Crippen LogP contribution in [0.3, 0.4) is 0 Å². The van der Waals surface area contributed by atoms with E-state index in [2.05, 4.69) is 5.32 Å². The van der Waals surface area contributed by atoms with E-state index >= 15 is 0 Å². The molecule has 0 aliphatic heterocycles. The van der Waals surface area contributed by atoms with E-state index in [4.69, 9.17) is 10.2 Å². The molecule has 20 heavy (non-hydrogen) atoms. The van der Waals surface area contributed by atoms with Gasteiger partial charge >= 0.3 is 0 Å². The Morgan fingerprint density at radius 2 is 2.20 bits per heavy atom. The van der Waals surface area contributed by atoms with Gasteiger partial charge in [-0.2, -0.15) is 0 Å². The van der Waals surface area contributed by atoms with Crippen molar-refractivity contribution < 1.29 is 9.21 Å². The number of amides is 1. The highest BCUT2D eigenvalue weighted by atomic mass is 16.3. The first-order valence-electron chi connectivity index (χ1n) is 6.40. The van der Waals surface area contributed by atoms with Gasteiger partial charge in [0.1, 0.15) is 0 Å². The van der Waals surface area contributed by atoms with Crippen molar-refractivity contribution in [3.8, 4) is 0 Å². The van der Waals surface area contributed by atoms with E-state index in [0.717, 1.165) is 16.8 Å². The highest BCUT2D eigenvalue weighted by Crippen LogP contribution is 2.18. The molecule has 0 aliphatic rings. The van der Waals surface area contributed by atoms with Gasteiger partial charge in [0.05, 0.1) is 19.1 Å². The van der Waals surface area contributed by atoms with Gasteiger partial charge in [0, 0.05) is 23.5 Å². The first-order valence-corrected chi connectivity index (χ1v) is 6.40. The minimum absolute atomic E-state index is 0.0651. The van der Waals surface area contributed by atoms with Crippen LogP contribution >= 0.6 is 0 Å². The van der Waals surface area contributed by atoms with Crippen molar-refractivity contribution in [3.63, 3.8) is 0 Å². The molecule has 0 atom stereocenters. The molecule has 106 valence electrons. The molecule has 1 heterocycles. The van der Waals surface area contributed by atoms with Crippen LogP contribution in [0.5, 0.6) is 0 Å². The largest absolute Gasteiger partial charge is 0.472 e. The van der Waals surface area contributed by atoms with E-state index in [-0.39, 0.29) is 5.91 Å². The maximum Gasteiger partial charge on any atom is 0.238 e. The molecule has 1 aromatic heterocycles. The van der Waals surface area contributed by atoms with E-state index in [1.807, 2.05) is 37.1 Å². The second-order valence-corrected chi connectivity index (χ2v) is 4.93. The minimum Gasteiger partial charge on any atom is -0.472 e. The number of hydrogen-bond acceptors (Lipinski definition) is 4. The van der Waals surface area contributed by atoms with Crippen LogP contribution in [-0.2, 0) is 11.3 Å². The molecule has 0 radical (unpaired) electrons. The van der Waals surface area contributed by atoms with Gasteiger partial charge in [-0.15, -0.1) is 0 Å². The third kappa shape index (κ3) is 3.86. The Bertz CT molecular complexity index is 579. The smallest absolute Gasteiger partial charge is 0.238 e. The summed E-state index contributed by atoms with van der Waals surface area (Å²) in [5.74, 6) is -0.0651. The summed E-state index contributed by atoms with van der Waals surface area (Å²) >= 11 is 0. The zero-order chi connectivity index (χ0) is 14.5. The van der Waals surface area contributed by atoms with Gasteiger partial charge in [0.15, 0.2) is 0 Å². The average Bonchev–Trinajstić information content (AvgIpc) is 2.86. The number of nitrogens with two attached hydrogens (primary N) is 1. The summed E-state index contributed by atoms with van der Waals surface area (Å²) in [5.41, 5.74) is 9.15. The van der Waals surface area contributed by atoms with E-state index in [9.17, 15) is 4.79 Å². The lowest BCUT2D eigenvalue weighted by Crippen LogP contribution is -2.29. The molecule has 1 amide bonds. The van der Waals surface area contributed by atoms with E-state index < -0.39 is 0 Å². The summed E-state index contributed by atoms with van der Waals surface area (Å²) in [6.45, 7) is 2.91. The molecule has 2 rings (SSSR count). The summed E-state index contributed by atoms with van der Waals surface area (Å²) in [7, 11) is 1.89. The molecule has 0 saturated heterocycles. The van der Waals surface area contributed by atoms with Crippen molar-refractivity contribution in [1.82, 2.24) is 4.90 Å². The molecular formula is C15H19N3O2. The highest BCUT2D eigenvalue weighted by molar-refractivity contribution is 5.93. The molecule has 2 aromatic rings. The fourth-order valence-corrected chi connectivity index (χ4v) is 1.96. The fraction of sp³-hybridized carbons (Fsp3) is 0.267. The van der Waals surface area contributed by atoms with Gasteiger partial charge in [-0.1, -0.05) is 6.07 Å². The topological polar surface area (TPSA) is 71.5 Å². The van der Waals surface area contributed by atoms with Crippen LogP contribution in [0.25, 0.3) is 0 Å². The second kappa shape index (κ2) is 6.25. The van der Waals surface area contributed by atoms with E-state index in [0.29, 0.717) is 18.8 Å². The van der Waals surface area contributed by atoms with Gasteiger partial charge in [-0.3, -0.25) is 9.69 Å². The molecule has 0 saturated carbocycles. The zero-order valence-corrected chi connectivity index (χ0v) is 11.7. The molecule has 0 fully saturated rings. The third-order valence-corrected chi connectivity index (χ3v) is 2.98. The molecule has 1 aromatic carbocycles. The number of anilines is 2. The molecule has 0 bridgehead atoms. The van der Waals surface area contributed by atoms with Gasteiger partial charge in [-0.05, 0) is 37.7 Å². The van der Waals surface area contributed by atoms with Crippen LogP contribution in [0.2, 0.25) is 0 Å². The van der Waals surface area contributed by atoms with Gasteiger partial charge in [-0.25, -0.2) is 0 Å². The van der Waals surface area contributed by atoms with E-state index in [1.165, 1.54) is 0 Å². The number of rotatable bonds is 5. The number of aryl methyl sites for hydroxylation is 1. The first kappa shape index (κ1) is 14.1. The molecule has 5 nitrogen and oxygen atoms in total. The van der Waals surface area contributed by atoms with Crippen LogP contribution < -0.4 is 11.1 Å². The lowest BCUT2D eigenvalue weighted by Gasteiger charge is -2.16. The van der Waals surface area contributed by atoms with E-state index in [1.54, 1.807) is 18.6 Å². The molecule has 5 heteroatoms. The predicted octanol–water partition coefficient (Wildman–Crippen LogP) is 2.24. The van der Waals surface area contributed by atoms with Crippen molar-refractivity contribution in [1.29, 1.82) is 0 Å². The normalized spacial score (nSPS) is 10.8. The molecule has 0 unspecified atom stereocenters. The van der Waals surface area contributed by atoms with Crippen LogP contribution in [0.1, 0.15) is 11.1 Å². The fourth-order valence-electron chi connectivity index (χ4n) is 1.96. The summed E-state index contributed by atoms with van der Waals surface area (Å²) < 4.78 is 5.00. The number of carbonyl (C=O) groups is 1. The minimum atomic E-state index is -0.0651.